The van der Waals surface area contributed by atoms with Gasteiger partial charge in [-0.2, -0.15) is 5.10 Å². The summed E-state index contributed by atoms with van der Waals surface area (Å²) in [5.74, 6) is -0.251. The highest BCUT2D eigenvalue weighted by Crippen LogP contribution is 2.28. The Kier molecular flexibility index (Phi) is 4.85. The number of carbonyl (C=O) groups excluding carboxylic acids is 1. The van der Waals surface area contributed by atoms with Gasteiger partial charge in [-0.25, -0.2) is 0 Å². The maximum atomic E-state index is 12.3. The topological polar surface area (TPSA) is 61.0 Å². The minimum absolute atomic E-state index is 0.251. The minimum atomic E-state index is -0.251. The van der Waals surface area contributed by atoms with Crippen molar-refractivity contribution in [2.24, 2.45) is 0 Å². The lowest BCUT2D eigenvalue weighted by molar-refractivity contribution is 0.102. The van der Waals surface area contributed by atoms with Crippen LogP contribution in [0.4, 0.5) is 11.4 Å². The molecule has 0 atom stereocenters. The Morgan fingerprint density at radius 2 is 2.14 bits per heavy atom. The fraction of sp³-hybridized carbons (Fsp3) is 0.333. The van der Waals surface area contributed by atoms with Gasteiger partial charge < -0.3 is 10.2 Å². The van der Waals surface area contributed by atoms with Crippen LogP contribution in [0.15, 0.2) is 24.3 Å². The Balaban J connectivity index is 2.20. The Hall–Kier alpha value is -2.01. The molecule has 0 aliphatic heterocycles. The lowest BCUT2D eigenvalue weighted by Crippen LogP contribution is -2.17. The third-order valence-corrected chi connectivity index (χ3v) is 3.31. The number of nitrogens with zero attached hydrogens (tertiary/aromatic N) is 2. The molecule has 2 aromatic rings. The molecule has 2 N–H and O–H groups in total. The maximum absolute atomic E-state index is 12.3. The van der Waals surface area contributed by atoms with Crippen LogP contribution in [0, 0.1) is 0 Å². The number of rotatable bonds is 5. The highest BCUT2D eigenvalue weighted by atomic mass is 35.5. The van der Waals surface area contributed by atoms with E-state index in [0.29, 0.717) is 16.4 Å². The fourth-order valence-corrected chi connectivity index (χ4v) is 2.23. The summed E-state index contributed by atoms with van der Waals surface area (Å²) in [5, 5.41) is 10.3. The van der Waals surface area contributed by atoms with Crippen LogP contribution in [0.1, 0.15) is 29.5 Å². The number of aryl methyl sites for hydroxylation is 1. The van der Waals surface area contributed by atoms with Gasteiger partial charge in [0, 0.05) is 24.8 Å². The zero-order chi connectivity index (χ0) is 15.4. The molecular weight excluding hydrogens is 288 g/mol. The van der Waals surface area contributed by atoms with Crippen molar-refractivity contribution in [3.05, 3.63) is 40.7 Å². The average molecular weight is 307 g/mol. The van der Waals surface area contributed by atoms with Crippen molar-refractivity contribution >= 4 is 28.9 Å². The summed E-state index contributed by atoms with van der Waals surface area (Å²) in [5.41, 5.74) is 2.89. The maximum Gasteiger partial charge on any atom is 0.276 e. The predicted molar refractivity (Wildman–Crippen MR) is 86.3 cm³/mol. The van der Waals surface area contributed by atoms with Crippen molar-refractivity contribution in [3.63, 3.8) is 0 Å². The van der Waals surface area contributed by atoms with E-state index in [2.05, 4.69) is 22.4 Å². The van der Waals surface area contributed by atoms with E-state index >= 15 is 0 Å². The highest BCUT2D eigenvalue weighted by Gasteiger charge is 2.13. The van der Waals surface area contributed by atoms with E-state index < -0.39 is 0 Å². The van der Waals surface area contributed by atoms with Crippen molar-refractivity contribution in [2.75, 3.05) is 24.3 Å². The number of benzene rings is 1. The van der Waals surface area contributed by atoms with E-state index in [1.165, 1.54) is 0 Å². The number of amides is 1. The lowest BCUT2D eigenvalue weighted by atomic mass is 10.2. The summed E-state index contributed by atoms with van der Waals surface area (Å²) < 4.78 is 0. The number of nitrogens with one attached hydrogen (secondary N) is 2. The van der Waals surface area contributed by atoms with Gasteiger partial charge in [0.15, 0.2) is 5.69 Å². The molecule has 2 rings (SSSR count). The third kappa shape index (κ3) is 3.76. The second kappa shape index (κ2) is 6.63. The molecule has 0 spiro atoms. The van der Waals surface area contributed by atoms with E-state index in [-0.39, 0.29) is 5.91 Å². The molecule has 5 nitrogen and oxygen atoms in total. The molecule has 1 aromatic heterocycles. The largest absolute Gasteiger partial charge is 0.376 e. The van der Waals surface area contributed by atoms with Gasteiger partial charge in [0.25, 0.3) is 5.91 Å². The van der Waals surface area contributed by atoms with E-state index in [1.54, 1.807) is 18.2 Å². The molecule has 1 amide bonds. The van der Waals surface area contributed by atoms with Gasteiger partial charge in [-0.1, -0.05) is 24.9 Å². The first-order chi connectivity index (χ1) is 10.0. The molecular formula is C15H19ClN4O. The second-order valence-corrected chi connectivity index (χ2v) is 5.47. The normalized spacial score (nSPS) is 10.5. The van der Waals surface area contributed by atoms with E-state index in [4.69, 9.17) is 11.6 Å². The van der Waals surface area contributed by atoms with Crippen molar-refractivity contribution in [1.29, 1.82) is 0 Å². The van der Waals surface area contributed by atoms with E-state index in [0.717, 1.165) is 24.2 Å². The fourth-order valence-electron chi connectivity index (χ4n) is 2.06. The SMILES string of the molecule is CCCc1cc(C(=O)Nc2cc(Cl)ccc2N(C)C)n[nH]1. The summed E-state index contributed by atoms with van der Waals surface area (Å²) >= 11 is 6.00. The first kappa shape index (κ1) is 15.4. The summed E-state index contributed by atoms with van der Waals surface area (Å²) in [6, 6.07) is 7.17. The summed E-state index contributed by atoms with van der Waals surface area (Å²) in [4.78, 5) is 14.2. The molecule has 21 heavy (non-hydrogen) atoms. The molecule has 0 saturated carbocycles. The van der Waals surface area contributed by atoms with Crippen LogP contribution < -0.4 is 10.2 Å². The predicted octanol–water partition coefficient (Wildman–Crippen LogP) is 3.33. The molecule has 1 aromatic carbocycles. The monoisotopic (exact) mass is 306 g/mol. The van der Waals surface area contributed by atoms with E-state index in [9.17, 15) is 4.79 Å². The second-order valence-electron chi connectivity index (χ2n) is 5.04. The first-order valence-corrected chi connectivity index (χ1v) is 7.21. The number of H-pyrrole nitrogens is 1. The third-order valence-electron chi connectivity index (χ3n) is 3.07. The van der Waals surface area contributed by atoms with Crippen molar-refractivity contribution in [2.45, 2.75) is 19.8 Å². The molecule has 0 aliphatic carbocycles. The standard InChI is InChI=1S/C15H19ClN4O/c1-4-5-11-9-13(19-18-11)15(21)17-12-8-10(16)6-7-14(12)20(2)3/h6-9H,4-5H2,1-3H3,(H,17,21)(H,18,19). The lowest BCUT2D eigenvalue weighted by Gasteiger charge is -2.17. The van der Waals surface area contributed by atoms with Crippen LogP contribution in [0.25, 0.3) is 0 Å². The van der Waals surface area contributed by atoms with Crippen LogP contribution in [0.3, 0.4) is 0 Å². The van der Waals surface area contributed by atoms with Crippen LogP contribution in [0.5, 0.6) is 0 Å². The Labute approximate surface area is 129 Å². The van der Waals surface area contributed by atoms with Gasteiger partial charge in [0.1, 0.15) is 0 Å². The van der Waals surface area contributed by atoms with Gasteiger partial charge in [0.2, 0.25) is 0 Å². The molecule has 6 heteroatoms. The minimum Gasteiger partial charge on any atom is -0.376 e. The van der Waals surface area contributed by atoms with Crippen molar-refractivity contribution in [3.8, 4) is 0 Å². The molecule has 0 unspecified atom stereocenters. The number of halogens is 1. The van der Waals surface area contributed by atoms with Crippen LogP contribution in [0.2, 0.25) is 5.02 Å². The molecule has 0 bridgehead atoms. The van der Waals surface area contributed by atoms with Gasteiger partial charge in [-0.3, -0.25) is 9.89 Å². The summed E-state index contributed by atoms with van der Waals surface area (Å²) in [6.07, 6.45) is 1.88. The van der Waals surface area contributed by atoms with Crippen LogP contribution in [-0.4, -0.2) is 30.2 Å². The number of hydrogen-bond acceptors (Lipinski definition) is 3. The van der Waals surface area contributed by atoms with Crippen molar-refractivity contribution < 1.29 is 4.79 Å². The highest BCUT2D eigenvalue weighted by molar-refractivity contribution is 6.31. The van der Waals surface area contributed by atoms with Gasteiger partial charge in [-0.15, -0.1) is 0 Å². The van der Waals surface area contributed by atoms with Crippen molar-refractivity contribution in [1.82, 2.24) is 10.2 Å². The molecule has 0 radical (unpaired) electrons. The average Bonchev–Trinajstić information content (AvgIpc) is 2.87. The Bertz CT molecular complexity index is 636. The summed E-state index contributed by atoms with van der Waals surface area (Å²) in [6.45, 7) is 2.08. The van der Waals surface area contributed by atoms with Gasteiger partial charge >= 0.3 is 0 Å². The Morgan fingerprint density at radius 3 is 2.81 bits per heavy atom. The first-order valence-electron chi connectivity index (χ1n) is 6.83. The van der Waals surface area contributed by atoms with Gasteiger partial charge in [-0.05, 0) is 30.7 Å². The number of hydrogen-bond donors (Lipinski definition) is 2. The number of carbonyl (C=O) groups is 1. The zero-order valence-electron chi connectivity index (χ0n) is 12.4. The Morgan fingerprint density at radius 1 is 1.38 bits per heavy atom. The summed E-state index contributed by atoms with van der Waals surface area (Å²) in [7, 11) is 3.82. The molecule has 0 fully saturated rings. The van der Waals surface area contributed by atoms with Gasteiger partial charge in [0.05, 0.1) is 11.4 Å². The number of aromatic amines is 1. The smallest absolute Gasteiger partial charge is 0.276 e. The quantitative estimate of drug-likeness (QED) is 0.890. The molecule has 0 saturated heterocycles. The zero-order valence-corrected chi connectivity index (χ0v) is 13.2. The molecule has 112 valence electrons. The molecule has 0 aliphatic rings. The number of aromatic nitrogens is 2. The van der Waals surface area contributed by atoms with E-state index in [1.807, 2.05) is 25.1 Å². The van der Waals surface area contributed by atoms with Crippen LogP contribution >= 0.6 is 11.6 Å². The number of anilines is 2. The molecule has 1 heterocycles. The van der Waals surface area contributed by atoms with Crippen LogP contribution in [-0.2, 0) is 6.42 Å².